The maximum absolute atomic E-state index is 11.6. The summed E-state index contributed by atoms with van der Waals surface area (Å²) in [6.07, 6.45) is -17.9. The van der Waals surface area contributed by atoms with Gasteiger partial charge >= 0.3 is 12.4 Å². The van der Waals surface area contributed by atoms with Crippen molar-refractivity contribution in [3.8, 4) is 0 Å². The molecule has 8 heteroatoms. The normalized spacial score (nSPS) is 18.0. The zero-order valence-corrected chi connectivity index (χ0v) is 6.73. The summed E-state index contributed by atoms with van der Waals surface area (Å²) in [6, 6.07) is 0. The molecule has 2 N–H and O–H groups in total. The van der Waals surface area contributed by atoms with Crippen LogP contribution in [0.15, 0.2) is 0 Å². The first kappa shape index (κ1) is 13.5. The van der Waals surface area contributed by atoms with E-state index in [0.717, 1.165) is 0 Å². The molecule has 0 heterocycles. The van der Waals surface area contributed by atoms with Crippen LogP contribution in [-0.4, -0.2) is 34.8 Å². The van der Waals surface area contributed by atoms with Gasteiger partial charge in [0.25, 0.3) is 0 Å². The number of aliphatic hydroxyl groups excluding tert-OH is 2. The van der Waals surface area contributed by atoms with Gasteiger partial charge in [0, 0.05) is 0 Å². The van der Waals surface area contributed by atoms with Crippen LogP contribution in [0.5, 0.6) is 0 Å². The molecule has 2 unspecified atom stereocenters. The van der Waals surface area contributed by atoms with Crippen LogP contribution in [0.3, 0.4) is 0 Å². The molecule has 0 amide bonds. The van der Waals surface area contributed by atoms with Crippen LogP contribution in [-0.2, 0) is 0 Å². The summed E-state index contributed by atoms with van der Waals surface area (Å²) >= 11 is 0. The van der Waals surface area contributed by atoms with Gasteiger partial charge in [-0.2, -0.15) is 26.3 Å². The molecule has 0 fully saturated rings. The Bertz CT molecular complexity index is 154. The fourth-order valence-corrected chi connectivity index (χ4v) is 0.643. The van der Waals surface area contributed by atoms with Crippen LogP contribution < -0.4 is 0 Å². The van der Waals surface area contributed by atoms with E-state index in [1.54, 1.807) is 0 Å². The highest BCUT2D eigenvalue weighted by molar-refractivity contribution is 4.71. The van der Waals surface area contributed by atoms with Crippen molar-refractivity contribution in [2.75, 3.05) is 0 Å². The van der Waals surface area contributed by atoms with Crippen molar-refractivity contribution in [1.29, 1.82) is 0 Å². The van der Waals surface area contributed by atoms with Gasteiger partial charge in [-0.15, -0.1) is 0 Å². The average molecular weight is 226 g/mol. The minimum Gasteiger partial charge on any atom is -0.384 e. The van der Waals surface area contributed by atoms with Crippen molar-refractivity contribution in [1.82, 2.24) is 0 Å². The van der Waals surface area contributed by atoms with Crippen LogP contribution >= 0.6 is 0 Å². The van der Waals surface area contributed by atoms with E-state index in [4.69, 9.17) is 10.2 Å². The van der Waals surface area contributed by atoms with Crippen LogP contribution in [0.25, 0.3) is 0 Å². The highest BCUT2D eigenvalue weighted by Gasteiger charge is 2.42. The van der Waals surface area contributed by atoms with E-state index >= 15 is 0 Å². The van der Waals surface area contributed by atoms with E-state index in [9.17, 15) is 26.3 Å². The fourth-order valence-electron chi connectivity index (χ4n) is 0.643. The number of rotatable bonds is 3. The summed E-state index contributed by atoms with van der Waals surface area (Å²) in [6.45, 7) is 0. The van der Waals surface area contributed by atoms with Gasteiger partial charge in [-0.05, 0) is 12.8 Å². The van der Waals surface area contributed by atoms with Crippen LogP contribution in [0, 0.1) is 0 Å². The minimum atomic E-state index is -4.95. The Morgan fingerprint density at radius 2 is 0.929 bits per heavy atom. The Balaban J connectivity index is 3.96. The van der Waals surface area contributed by atoms with Crippen molar-refractivity contribution in [2.24, 2.45) is 0 Å². The van der Waals surface area contributed by atoms with Gasteiger partial charge in [-0.25, -0.2) is 0 Å². The van der Waals surface area contributed by atoms with Gasteiger partial charge in [0.15, 0.2) is 0 Å². The number of halogens is 6. The molecule has 0 bridgehead atoms. The zero-order chi connectivity index (χ0) is 11.6. The van der Waals surface area contributed by atoms with Crippen molar-refractivity contribution in [2.45, 2.75) is 37.4 Å². The molecule has 0 aromatic heterocycles. The number of aliphatic hydroxyl groups is 2. The molecule has 2 nitrogen and oxygen atoms in total. The molecule has 0 aliphatic rings. The predicted molar refractivity (Wildman–Crippen MR) is 33.4 cm³/mol. The molecule has 2 atom stereocenters. The van der Waals surface area contributed by atoms with E-state index in [2.05, 4.69) is 0 Å². The van der Waals surface area contributed by atoms with Gasteiger partial charge < -0.3 is 10.2 Å². The second kappa shape index (κ2) is 4.35. The summed E-state index contributed by atoms with van der Waals surface area (Å²) in [4.78, 5) is 0. The molecule has 0 aliphatic carbocycles. The quantitative estimate of drug-likeness (QED) is 0.718. The lowest BCUT2D eigenvalue weighted by Gasteiger charge is -2.18. The molecule has 14 heavy (non-hydrogen) atoms. The minimum absolute atomic E-state index is 1.18. The van der Waals surface area contributed by atoms with Gasteiger partial charge in [0.1, 0.15) is 12.2 Å². The summed E-state index contributed by atoms with van der Waals surface area (Å²) in [5.74, 6) is 0. The third-order valence-corrected chi connectivity index (χ3v) is 1.47. The van der Waals surface area contributed by atoms with E-state index in [1.807, 2.05) is 0 Å². The standard InChI is InChI=1S/C6H8F6O2/c7-5(8,9)3(13)1-2-4(14)6(10,11)12/h3-4,13-14H,1-2H2. The molecule has 0 radical (unpaired) electrons. The number of hydrogen-bond donors (Lipinski definition) is 2. The van der Waals surface area contributed by atoms with Crippen molar-refractivity contribution in [3.05, 3.63) is 0 Å². The monoisotopic (exact) mass is 226 g/mol. The number of hydrogen-bond acceptors (Lipinski definition) is 2. The van der Waals surface area contributed by atoms with Crippen molar-refractivity contribution >= 4 is 0 Å². The van der Waals surface area contributed by atoms with E-state index in [0.29, 0.717) is 0 Å². The third kappa shape index (κ3) is 4.66. The summed E-state index contributed by atoms with van der Waals surface area (Å²) in [5.41, 5.74) is 0. The van der Waals surface area contributed by atoms with Crippen molar-refractivity contribution < 1.29 is 36.6 Å². The first-order valence-electron chi connectivity index (χ1n) is 3.54. The highest BCUT2D eigenvalue weighted by Crippen LogP contribution is 2.27. The topological polar surface area (TPSA) is 40.5 Å². The lowest BCUT2D eigenvalue weighted by molar-refractivity contribution is -0.223. The molecular formula is C6H8F6O2. The lowest BCUT2D eigenvalue weighted by Crippen LogP contribution is -2.33. The van der Waals surface area contributed by atoms with Crippen LogP contribution in [0.2, 0.25) is 0 Å². The summed E-state index contributed by atoms with van der Waals surface area (Å²) < 4.78 is 69.5. The second-order valence-electron chi connectivity index (χ2n) is 2.69. The summed E-state index contributed by atoms with van der Waals surface area (Å²) in [7, 11) is 0. The maximum Gasteiger partial charge on any atom is 0.414 e. The van der Waals surface area contributed by atoms with Gasteiger partial charge in [0.2, 0.25) is 0 Å². The molecule has 0 aromatic rings. The lowest BCUT2D eigenvalue weighted by atomic mass is 10.1. The second-order valence-corrected chi connectivity index (χ2v) is 2.69. The van der Waals surface area contributed by atoms with Gasteiger partial charge in [-0.3, -0.25) is 0 Å². The van der Waals surface area contributed by atoms with Gasteiger partial charge in [0.05, 0.1) is 0 Å². The van der Waals surface area contributed by atoms with Crippen LogP contribution in [0.1, 0.15) is 12.8 Å². The Labute approximate surface area is 75.1 Å². The first-order valence-corrected chi connectivity index (χ1v) is 3.54. The highest BCUT2D eigenvalue weighted by atomic mass is 19.4. The first-order chi connectivity index (χ1) is 6.05. The molecule has 0 aromatic carbocycles. The summed E-state index contributed by atoms with van der Waals surface area (Å²) in [5, 5.41) is 16.6. The molecular weight excluding hydrogens is 218 g/mol. The molecule has 0 rings (SSSR count). The smallest absolute Gasteiger partial charge is 0.384 e. The predicted octanol–water partition coefficient (Wildman–Crippen LogP) is 1.61. The Hall–Kier alpha value is -0.500. The van der Waals surface area contributed by atoms with E-state index < -0.39 is 37.4 Å². The van der Waals surface area contributed by atoms with Gasteiger partial charge in [-0.1, -0.05) is 0 Å². The number of alkyl halides is 6. The Kier molecular flexibility index (Phi) is 4.19. The molecule has 0 aliphatic heterocycles. The van der Waals surface area contributed by atoms with E-state index in [-0.39, 0.29) is 0 Å². The molecule has 0 spiro atoms. The molecule has 0 saturated carbocycles. The Morgan fingerprint density at radius 3 is 1.07 bits per heavy atom. The fraction of sp³-hybridized carbons (Fsp3) is 1.00. The third-order valence-electron chi connectivity index (χ3n) is 1.47. The van der Waals surface area contributed by atoms with E-state index in [1.165, 1.54) is 0 Å². The largest absolute Gasteiger partial charge is 0.414 e. The SMILES string of the molecule is OC(CCC(O)C(F)(F)F)C(F)(F)F. The van der Waals surface area contributed by atoms with Crippen molar-refractivity contribution in [3.63, 3.8) is 0 Å². The molecule has 0 saturated heterocycles. The molecule has 86 valence electrons. The maximum atomic E-state index is 11.6. The zero-order valence-electron chi connectivity index (χ0n) is 6.73. The van der Waals surface area contributed by atoms with Crippen LogP contribution in [0.4, 0.5) is 26.3 Å². The Morgan fingerprint density at radius 1 is 0.714 bits per heavy atom. The average Bonchev–Trinajstić information content (AvgIpc) is 1.95.